The maximum absolute atomic E-state index is 11.7. The molecule has 0 spiro atoms. The fraction of sp³-hybridized carbons (Fsp3) is 0.0714. The van der Waals surface area contributed by atoms with Crippen molar-refractivity contribution in [3.05, 3.63) is 66.0 Å². The number of allylic oxidation sites excluding steroid dienone is 2. The number of hydrogen-bond donors (Lipinski definition) is 0. The van der Waals surface area contributed by atoms with Crippen LogP contribution in [0.25, 0.3) is 5.57 Å². The van der Waals surface area contributed by atoms with Crippen LogP contribution < -0.4 is 0 Å². The zero-order valence-electron chi connectivity index (χ0n) is 9.07. The molecule has 0 fully saturated rings. The van der Waals surface area contributed by atoms with Crippen LogP contribution in [0.15, 0.2) is 60.4 Å². The van der Waals surface area contributed by atoms with Gasteiger partial charge in [-0.2, -0.15) is 0 Å². The topological polar surface area (TPSA) is 26.3 Å². The first kappa shape index (κ1) is 10.4. The van der Waals surface area contributed by atoms with Crippen LogP contribution in [0.2, 0.25) is 0 Å². The van der Waals surface area contributed by atoms with Crippen LogP contribution in [0, 0.1) is 0 Å². The number of hydrogen-bond acceptors (Lipinski definition) is 2. The standard InChI is InChI=1S/C14H12O2/c1-3-11-12(4-2)16-14(15)13(11)10-8-6-5-7-9-10/h3-9H,1H2,2H3. The Morgan fingerprint density at radius 3 is 2.50 bits per heavy atom. The van der Waals surface area contributed by atoms with E-state index in [-0.39, 0.29) is 5.97 Å². The smallest absolute Gasteiger partial charge is 0.344 e. The average Bonchev–Trinajstić information content (AvgIpc) is 2.66. The second-order valence-electron chi connectivity index (χ2n) is 3.40. The van der Waals surface area contributed by atoms with Crippen molar-refractivity contribution < 1.29 is 9.53 Å². The van der Waals surface area contributed by atoms with Crippen LogP contribution >= 0.6 is 0 Å². The van der Waals surface area contributed by atoms with Crippen LogP contribution in [0.4, 0.5) is 0 Å². The number of esters is 1. The van der Waals surface area contributed by atoms with E-state index < -0.39 is 0 Å². The first-order valence-corrected chi connectivity index (χ1v) is 5.09. The molecule has 80 valence electrons. The van der Waals surface area contributed by atoms with Crippen LogP contribution in [-0.4, -0.2) is 5.97 Å². The highest BCUT2D eigenvalue weighted by atomic mass is 16.5. The molecule has 0 aromatic heterocycles. The molecule has 0 amide bonds. The third-order valence-electron chi connectivity index (χ3n) is 2.47. The lowest BCUT2D eigenvalue weighted by Crippen LogP contribution is -1.97. The summed E-state index contributed by atoms with van der Waals surface area (Å²) in [5, 5.41) is 0. The molecular formula is C14H12O2. The lowest BCUT2D eigenvalue weighted by Gasteiger charge is -1.98. The molecule has 0 radical (unpaired) electrons. The van der Waals surface area contributed by atoms with Gasteiger partial charge in [-0.15, -0.1) is 0 Å². The summed E-state index contributed by atoms with van der Waals surface area (Å²) >= 11 is 0. The second kappa shape index (κ2) is 4.19. The second-order valence-corrected chi connectivity index (χ2v) is 3.40. The van der Waals surface area contributed by atoms with Gasteiger partial charge >= 0.3 is 5.97 Å². The first-order valence-electron chi connectivity index (χ1n) is 5.09. The molecule has 1 aliphatic heterocycles. The fourth-order valence-corrected chi connectivity index (χ4v) is 1.73. The van der Waals surface area contributed by atoms with Gasteiger partial charge in [0.15, 0.2) is 0 Å². The normalized spacial score (nSPS) is 17.8. The molecule has 0 N–H and O–H groups in total. The third-order valence-corrected chi connectivity index (χ3v) is 2.47. The van der Waals surface area contributed by atoms with Gasteiger partial charge in [0.25, 0.3) is 0 Å². The maximum atomic E-state index is 11.7. The summed E-state index contributed by atoms with van der Waals surface area (Å²) in [7, 11) is 0. The van der Waals surface area contributed by atoms with E-state index in [2.05, 4.69) is 6.58 Å². The first-order chi connectivity index (χ1) is 7.77. The number of carbonyl (C=O) groups excluding carboxylic acids is 1. The van der Waals surface area contributed by atoms with Crippen molar-refractivity contribution in [3.8, 4) is 0 Å². The Morgan fingerprint density at radius 2 is 1.94 bits per heavy atom. The molecule has 0 atom stereocenters. The molecule has 0 unspecified atom stereocenters. The summed E-state index contributed by atoms with van der Waals surface area (Å²) < 4.78 is 5.16. The Hall–Kier alpha value is -2.09. The van der Waals surface area contributed by atoms with Gasteiger partial charge in [-0.05, 0) is 18.6 Å². The molecule has 2 heteroatoms. The monoisotopic (exact) mass is 212 g/mol. The number of ether oxygens (including phenoxy) is 1. The lowest BCUT2D eigenvalue weighted by atomic mass is 10.0. The van der Waals surface area contributed by atoms with Crippen molar-refractivity contribution in [1.29, 1.82) is 0 Å². The third kappa shape index (κ3) is 1.58. The Bertz CT molecular complexity index is 493. The van der Waals surface area contributed by atoms with Crippen LogP contribution in [0.3, 0.4) is 0 Å². The predicted octanol–water partition coefficient (Wildman–Crippen LogP) is 3.09. The van der Waals surface area contributed by atoms with Gasteiger partial charge in [0.2, 0.25) is 0 Å². The molecule has 1 aromatic carbocycles. The van der Waals surface area contributed by atoms with E-state index >= 15 is 0 Å². The Morgan fingerprint density at radius 1 is 1.25 bits per heavy atom. The van der Waals surface area contributed by atoms with Gasteiger partial charge in [-0.1, -0.05) is 43.0 Å². The quantitative estimate of drug-likeness (QED) is 0.704. The molecule has 0 bridgehead atoms. The van der Waals surface area contributed by atoms with E-state index in [9.17, 15) is 4.79 Å². The summed E-state index contributed by atoms with van der Waals surface area (Å²) in [5.41, 5.74) is 2.21. The Balaban J connectivity index is 2.61. The largest absolute Gasteiger partial charge is 0.423 e. The van der Waals surface area contributed by atoms with Crippen molar-refractivity contribution in [2.45, 2.75) is 6.92 Å². The highest BCUT2D eigenvalue weighted by Crippen LogP contribution is 2.33. The van der Waals surface area contributed by atoms with E-state index in [1.54, 1.807) is 12.2 Å². The summed E-state index contributed by atoms with van der Waals surface area (Å²) in [4.78, 5) is 11.7. The average molecular weight is 212 g/mol. The maximum Gasteiger partial charge on any atom is 0.344 e. The van der Waals surface area contributed by atoms with Gasteiger partial charge in [0, 0.05) is 5.57 Å². The minimum absolute atomic E-state index is 0.311. The molecular weight excluding hydrogens is 200 g/mol. The molecule has 0 aliphatic carbocycles. The van der Waals surface area contributed by atoms with Crippen LogP contribution in [0.1, 0.15) is 12.5 Å². The Kier molecular flexibility index (Phi) is 2.73. The SMILES string of the molecule is C=CC1=C(c2ccccc2)C(=O)OC1=CC. The van der Waals surface area contributed by atoms with E-state index in [1.807, 2.05) is 37.3 Å². The molecule has 0 saturated carbocycles. The van der Waals surface area contributed by atoms with Crippen LogP contribution in [0.5, 0.6) is 0 Å². The highest BCUT2D eigenvalue weighted by Gasteiger charge is 2.28. The molecule has 2 rings (SSSR count). The minimum atomic E-state index is -0.311. The van der Waals surface area contributed by atoms with Gasteiger partial charge in [0.05, 0.1) is 5.57 Å². The molecule has 1 aromatic rings. The molecule has 2 nitrogen and oxygen atoms in total. The van der Waals surface area contributed by atoms with E-state index in [1.165, 1.54) is 0 Å². The van der Waals surface area contributed by atoms with Gasteiger partial charge in [0.1, 0.15) is 5.76 Å². The van der Waals surface area contributed by atoms with E-state index in [4.69, 9.17) is 4.74 Å². The van der Waals surface area contributed by atoms with E-state index in [0.29, 0.717) is 11.3 Å². The zero-order chi connectivity index (χ0) is 11.5. The predicted molar refractivity (Wildman–Crippen MR) is 63.4 cm³/mol. The summed E-state index contributed by atoms with van der Waals surface area (Å²) in [5.74, 6) is 0.271. The highest BCUT2D eigenvalue weighted by molar-refractivity contribution is 6.21. The lowest BCUT2D eigenvalue weighted by molar-refractivity contribution is -0.131. The van der Waals surface area contributed by atoms with Crippen molar-refractivity contribution in [1.82, 2.24) is 0 Å². The summed E-state index contributed by atoms with van der Waals surface area (Å²) in [6.45, 7) is 5.55. The summed E-state index contributed by atoms with van der Waals surface area (Å²) in [6.07, 6.45) is 3.42. The van der Waals surface area contributed by atoms with Gasteiger partial charge in [-0.3, -0.25) is 0 Å². The molecule has 1 aliphatic rings. The van der Waals surface area contributed by atoms with Crippen molar-refractivity contribution >= 4 is 11.5 Å². The Labute approximate surface area is 94.6 Å². The zero-order valence-corrected chi connectivity index (χ0v) is 9.07. The van der Waals surface area contributed by atoms with Gasteiger partial charge < -0.3 is 4.74 Å². The fourth-order valence-electron chi connectivity index (χ4n) is 1.73. The van der Waals surface area contributed by atoms with Crippen molar-refractivity contribution in [3.63, 3.8) is 0 Å². The number of cyclic esters (lactones) is 1. The van der Waals surface area contributed by atoms with E-state index in [0.717, 1.165) is 11.1 Å². The molecule has 16 heavy (non-hydrogen) atoms. The molecule has 0 saturated heterocycles. The van der Waals surface area contributed by atoms with Crippen LogP contribution in [-0.2, 0) is 9.53 Å². The molecule has 1 heterocycles. The number of rotatable bonds is 2. The van der Waals surface area contributed by atoms with Crippen molar-refractivity contribution in [2.75, 3.05) is 0 Å². The van der Waals surface area contributed by atoms with Crippen molar-refractivity contribution in [2.24, 2.45) is 0 Å². The summed E-state index contributed by atoms with van der Waals surface area (Å²) in [6, 6.07) is 9.47. The van der Waals surface area contributed by atoms with Gasteiger partial charge in [-0.25, -0.2) is 4.79 Å². The minimum Gasteiger partial charge on any atom is -0.423 e. The number of benzene rings is 1. The number of carbonyl (C=O) groups is 1.